The molecular formula is C12H21B. The zero-order chi connectivity index (χ0) is 10.1. The lowest BCUT2D eigenvalue weighted by Gasteiger charge is -2.30. The normalized spacial score (nSPS) is 22.6. The molecule has 1 aliphatic carbocycles. The summed E-state index contributed by atoms with van der Waals surface area (Å²) in [6, 6.07) is 0. The minimum absolute atomic E-state index is 0.405. The fraction of sp³-hybridized carbons (Fsp3) is 0.667. The van der Waals surface area contributed by atoms with Gasteiger partial charge in [-0.05, 0) is 32.0 Å². The second-order valence-corrected chi connectivity index (χ2v) is 4.87. The van der Waals surface area contributed by atoms with Crippen molar-refractivity contribution >= 4 is 7.85 Å². The van der Waals surface area contributed by atoms with Gasteiger partial charge in [0.05, 0.1) is 0 Å². The third kappa shape index (κ3) is 2.27. The lowest BCUT2D eigenvalue weighted by atomic mass is 9.61. The molecule has 0 radical (unpaired) electrons. The van der Waals surface area contributed by atoms with Crippen LogP contribution in [0.4, 0.5) is 0 Å². The van der Waals surface area contributed by atoms with Gasteiger partial charge in [-0.15, -0.1) is 0 Å². The lowest BCUT2D eigenvalue weighted by molar-refractivity contribution is 0.638. The van der Waals surface area contributed by atoms with Crippen LogP contribution in [0.1, 0.15) is 47.0 Å². The van der Waals surface area contributed by atoms with E-state index in [-0.39, 0.29) is 0 Å². The molecule has 0 N–H and O–H groups in total. The molecule has 0 heterocycles. The maximum absolute atomic E-state index is 2.41. The highest BCUT2D eigenvalue weighted by Crippen LogP contribution is 2.41. The summed E-state index contributed by atoms with van der Waals surface area (Å²) < 4.78 is 0. The van der Waals surface area contributed by atoms with Crippen LogP contribution >= 0.6 is 0 Å². The van der Waals surface area contributed by atoms with Crippen molar-refractivity contribution in [1.82, 2.24) is 0 Å². The zero-order valence-corrected chi connectivity index (χ0v) is 9.70. The molecular weight excluding hydrogens is 155 g/mol. The molecule has 0 aliphatic heterocycles. The third-order valence-electron chi connectivity index (χ3n) is 3.59. The van der Waals surface area contributed by atoms with Crippen molar-refractivity contribution in [2.75, 3.05) is 0 Å². The van der Waals surface area contributed by atoms with Crippen LogP contribution in [-0.4, -0.2) is 7.85 Å². The highest BCUT2D eigenvalue weighted by atomic mass is 14.2. The molecule has 1 rings (SSSR count). The monoisotopic (exact) mass is 176 g/mol. The Labute approximate surface area is 83.5 Å². The van der Waals surface area contributed by atoms with E-state index in [0.29, 0.717) is 5.31 Å². The van der Waals surface area contributed by atoms with Crippen LogP contribution in [0.5, 0.6) is 0 Å². The summed E-state index contributed by atoms with van der Waals surface area (Å²) in [7, 11) is 2.35. The number of allylic oxidation sites excluding steroid dienone is 4. The molecule has 0 spiro atoms. The van der Waals surface area contributed by atoms with E-state index in [1.807, 2.05) is 0 Å². The molecule has 1 unspecified atom stereocenters. The minimum Gasteiger partial charge on any atom is -0.0717 e. The standard InChI is InChI=1S/C12H21B/c1-5-12(4,13)11-7-6-9(2)10(3)8-11/h8H,5-7,13H2,1-4H3. The van der Waals surface area contributed by atoms with Crippen molar-refractivity contribution < 1.29 is 0 Å². The lowest BCUT2D eigenvalue weighted by Crippen LogP contribution is -2.13. The van der Waals surface area contributed by atoms with Gasteiger partial charge < -0.3 is 0 Å². The first-order chi connectivity index (χ1) is 5.97. The van der Waals surface area contributed by atoms with E-state index < -0.39 is 0 Å². The van der Waals surface area contributed by atoms with Gasteiger partial charge in [0.25, 0.3) is 0 Å². The number of rotatable bonds is 2. The maximum atomic E-state index is 2.41. The zero-order valence-electron chi connectivity index (χ0n) is 9.70. The first-order valence-electron chi connectivity index (χ1n) is 5.35. The fourth-order valence-corrected chi connectivity index (χ4v) is 1.74. The van der Waals surface area contributed by atoms with Crippen LogP contribution in [-0.2, 0) is 0 Å². The van der Waals surface area contributed by atoms with Gasteiger partial charge >= 0.3 is 0 Å². The average Bonchev–Trinajstić information content (AvgIpc) is 2.09. The van der Waals surface area contributed by atoms with Crippen LogP contribution in [0.25, 0.3) is 0 Å². The van der Waals surface area contributed by atoms with Gasteiger partial charge in [-0.3, -0.25) is 0 Å². The molecule has 0 nitrogen and oxygen atoms in total. The summed E-state index contributed by atoms with van der Waals surface area (Å²) >= 11 is 0. The Morgan fingerprint density at radius 1 is 1.38 bits per heavy atom. The van der Waals surface area contributed by atoms with E-state index in [2.05, 4.69) is 41.6 Å². The van der Waals surface area contributed by atoms with Gasteiger partial charge in [0.2, 0.25) is 0 Å². The molecule has 0 bridgehead atoms. The summed E-state index contributed by atoms with van der Waals surface area (Å²) in [6.45, 7) is 9.12. The maximum Gasteiger partial charge on any atom is 0.114 e. The topological polar surface area (TPSA) is 0 Å². The van der Waals surface area contributed by atoms with Crippen LogP contribution in [0.15, 0.2) is 22.8 Å². The van der Waals surface area contributed by atoms with Crippen molar-refractivity contribution in [3.63, 3.8) is 0 Å². The second kappa shape index (κ2) is 3.73. The van der Waals surface area contributed by atoms with Crippen molar-refractivity contribution in [2.24, 2.45) is 0 Å². The molecule has 72 valence electrons. The molecule has 1 heteroatoms. The van der Waals surface area contributed by atoms with Gasteiger partial charge in [-0.2, -0.15) is 0 Å². The van der Waals surface area contributed by atoms with E-state index in [1.54, 1.807) is 11.1 Å². The van der Waals surface area contributed by atoms with E-state index >= 15 is 0 Å². The Morgan fingerprint density at radius 3 is 2.46 bits per heavy atom. The van der Waals surface area contributed by atoms with Gasteiger partial charge in [0.15, 0.2) is 0 Å². The summed E-state index contributed by atoms with van der Waals surface area (Å²) in [5.41, 5.74) is 4.69. The smallest absolute Gasteiger partial charge is 0.0717 e. The fourth-order valence-electron chi connectivity index (χ4n) is 1.74. The van der Waals surface area contributed by atoms with Crippen LogP contribution in [0, 0.1) is 0 Å². The van der Waals surface area contributed by atoms with Crippen LogP contribution in [0.3, 0.4) is 0 Å². The Kier molecular flexibility index (Phi) is 3.05. The Balaban J connectivity index is 2.91. The van der Waals surface area contributed by atoms with E-state index in [1.165, 1.54) is 24.8 Å². The van der Waals surface area contributed by atoms with Gasteiger partial charge in [-0.25, -0.2) is 0 Å². The summed E-state index contributed by atoms with van der Waals surface area (Å²) in [5, 5.41) is 0.405. The molecule has 0 aromatic carbocycles. The minimum atomic E-state index is 0.405. The second-order valence-electron chi connectivity index (χ2n) is 4.87. The summed E-state index contributed by atoms with van der Waals surface area (Å²) in [6.07, 6.45) is 6.18. The van der Waals surface area contributed by atoms with Crippen LogP contribution < -0.4 is 0 Å². The Hall–Kier alpha value is -0.455. The van der Waals surface area contributed by atoms with Crippen molar-refractivity contribution in [3.05, 3.63) is 22.8 Å². The first-order valence-corrected chi connectivity index (χ1v) is 5.35. The molecule has 0 saturated heterocycles. The molecule has 0 aromatic rings. The predicted molar refractivity (Wildman–Crippen MR) is 62.9 cm³/mol. The van der Waals surface area contributed by atoms with E-state index in [9.17, 15) is 0 Å². The summed E-state index contributed by atoms with van der Waals surface area (Å²) in [4.78, 5) is 0. The van der Waals surface area contributed by atoms with Crippen LogP contribution in [0.2, 0.25) is 5.31 Å². The number of hydrogen-bond acceptors (Lipinski definition) is 0. The van der Waals surface area contributed by atoms with Gasteiger partial charge in [0, 0.05) is 0 Å². The molecule has 13 heavy (non-hydrogen) atoms. The summed E-state index contributed by atoms with van der Waals surface area (Å²) in [5.74, 6) is 0. The largest absolute Gasteiger partial charge is 0.114 e. The predicted octanol–water partition coefficient (Wildman–Crippen LogP) is 3.26. The average molecular weight is 176 g/mol. The van der Waals surface area contributed by atoms with Gasteiger partial charge in [-0.1, -0.05) is 43.1 Å². The highest BCUT2D eigenvalue weighted by Gasteiger charge is 2.22. The van der Waals surface area contributed by atoms with E-state index in [0.717, 1.165) is 0 Å². The SMILES string of the molecule is BC(C)(CC)C1=CC(C)=C(C)CC1. The van der Waals surface area contributed by atoms with Crippen molar-refractivity contribution in [3.8, 4) is 0 Å². The third-order valence-corrected chi connectivity index (χ3v) is 3.59. The van der Waals surface area contributed by atoms with Crippen molar-refractivity contribution in [2.45, 2.75) is 52.3 Å². The van der Waals surface area contributed by atoms with Crippen molar-refractivity contribution in [1.29, 1.82) is 0 Å². The quantitative estimate of drug-likeness (QED) is 0.566. The Morgan fingerprint density at radius 2 is 2.00 bits per heavy atom. The molecule has 0 aromatic heterocycles. The van der Waals surface area contributed by atoms with E-state index in [4.69, 9.17) is 0 Å². The Bertz CT molecular complexity index is 256. The first kappa shape index (κ1) is 10.6. The highest BCUT2D eigenvalue weighted by molar-refractivity contribution is 6.17. The molecule has 0 amide bonds. The molecule has 0 saturated carbocycles. The molecule has 0 fully saturated rings. The molecule has 1 atom stereocenters. The van der Waals surface area contributed by atoms with Gasteiger partial charge in [0.1, 0.15) is 7.85 Å². The number of hydrogen-bond donors (Lipinski definition) is 0. The molecule has 1 aliphatic rings.